The van der Waals surface area contributed by atoms with E-state index in [9.17, 15) is 21.6 Å². The molecule has 4 atom stereocenters. The predicted octanol–water partition coefficient (Wildman–Crippen LogP) is 2.49. The van der Waals surface area contributed by atoms with Crippen LogP contribution >= 0.6 is 0 Å². The normalized spacial score (nSPS) is 36.1. The second-order valence-corrected chi connectivity index (χ2v) is 11.6. The maximum Gasteiger partial charge on any atom is 0.453 e. The van der Waals surface area contributed by atoms with E-state index < -0.39 is 21.8 Å². The number of aromatic nitrogens is 3. The molecule has 3 heterocycles. The molecule has 6 nitrogen and oxygen atoms in total. The van der Waals surface area contributed by atoms with Gasteiger partial charge in [0.25, 0.3) is 5.82 Å². The van der Waals surface area contributed by atoms with Gasteiger partial charge in [0.05, 0.1) is 11.5 Å². The van der Waals surface area contributed by atoms with E-state index in [0.29, 0.717) is 35.2 Å². The van der Waals surface area contributed by atoms with Crippen molar-refractivity contribution in [1.82, 2.24) is 19.7 Å². The van der Waals surface area contributed by atoms with Crippen LogP contribution in [-0.2, 0) is 16.0 Å². The van der Waals surface area contributed by atoms with Crippen LogP contribution in [0.3, 0.4) is 0 Å². The molecule has 2 unspecified atom stereocenters. The summed E-state index contributed by atoms with van der Waals surface area (Å²) in [6.45, 7) is 5.44. The predicted molar refractivity (Wildman–Crippen MR) is 95.4 cm³/mol. The van der Waals surface area contributed by atoms with Crippen molar-refractivity contribution in [3.8, 4) is 0 Å². The van der Waals surface area contributed by atoms with Crippen LogP contribution in [0, 0.1) is 17.3 Å². The van der Waals surface area contributed by atoms with Gasteiger partial charge < -0.3 is 0 Å². The topological polar surface area (TPSA) is 68.1 Å². The van der Waals surface area contributed by atoms with Crippen LogP contribution in [0.1, 0.15) is 56.7 Å². The van der Waals surface area contributed by atoms with E-state index in [2.05, 4.69) is 15.0 Å². The number of nitrogens with zero attached hydrogens (tertiary/aromatic N) is 4. The molecule has 10 heteroatoms. The highest BCUT2D eigenvalue weighted by atomic mass is 32.2. The minimum absolute atomic E-state index is 0.0373. The molecule has 0 amide bonds. The van der Waals surface area contributed by atoms with Gasteiger partial charge in [0, 0.05) is 30.0 Å². The van der Waals surface area contributed by atoms with Gasteiger partial charge in [-0.05, 0) is 51.5 Å². The fourth-order valence-electron chi connectivity index (χ4n) is 5.96. The Morgan fingerprint density at radius 3 is 2.36 bits per heavy atom. The summed E-state index contributed by atoms with van der Waals surface area (Å²) in [5.74, 6) is 0.892. The molecule has 4 aliphatic rings. The van der Waals surface area contributed by atoms with Crippen molar-refractivity contribution in [2.45, 2.75) is 57.3 Å². The highest BCUT2D eigenvalue weighted by molar-refractivity contribution is 7.92. The number of halogens is 3. The summed E-state index contributed by atoms with van der Waals surface area (Å²) in [5, 5.41) is 3.73. The van der Waals surface area contributed by atoms with Crippen LogP contribution in [0.2, 0.25) is 0 Å². The standard InChI is InChI=1S/C18H25F3N4O2S/c1-10(2)25-15(22-16(23-25)18(19,20)21)14-12-5-11(6-13(12)14)24-4-3-17(7-24)8-28(26,27)9-17/h10-14H,3-9H2,1-2H3/t11?,12-,13+,14?. The number of rotatable bonds is 3. The van der Waals surface area contributed by atoms with Crippen molar-refractivity contribution in [3.05, 3.63) is 11.6 Å². The highest BCUT2D eigenvalue weighted by Crippen LogP contribution is 2.64. The fourth-order valence-corrected chi connectivity index (χ4v) is 8.22. The second-order valence-electron chi connectivity index (χ2n) is 9.56. The van der Waals surface area contributed by atoms with Crippen molar-refractivity contribution in [1.29, 1.82) is 0 Å². The largest absolute Gasteiger partial charge is 0.453 e. The van der Waals surface area contributed by atoms with E-state index in [4.69, 9.17) is 0 Å². The molecular formula is C18H25F3N4O2S. The van der Waals surface area contributed by atoms with Gasteiger partial charge in [-0.3, -0.25) is 4.90 Å². The average Bonchev–Trinajstić information content (AvgIpc) is 3.01. The minimum Gasteiger partial charge on any atom is -0.300 e. The van der Waals surface area contributed by atoms with Crippen LogP contribution in [0.5, 0.6) is 0 Å². The Morgan fingerprint density at radius 2 is 1.82 bits per heavy atom. The van der Waals surface area contributed by atoms with Gasteiger partial charge in [0.2, 0.25) is 0 Å². The molecule has 156 valence electrons. The molecule has 2 saturated carbocycles. The molecule has 5 rings (SSSR count). The molecule has 2 saturated heterocycles. The molecule has 0 N–H and O–H groups in total. The molecule has 1 aromatic rings. The zero-order valence-electron chi connectivity index (χ0n) is 16.0. The van der Waals surface area contributed by atoms with Gasteiger partial charge in [-0.25, -0.2) is 18.1 Å². The monoisotopic (exact) mass is 418 g/mol. The first-order valence-corrected chi connectivity index (χ1v) is 11.8. The van der Waals surface area contributed by atoms with E-state index in [0.717, 1.165) is 32.4 Å². The third kappa shape index (κ3) is 2.89. The van der Waals surface area contributed by atoms with Gasteiger partial charge >= 0.3 is 6.18 Å². The highest BCUT2D eigenvalue weighted by Gasteiger charge is 2.61. The number of sulfone groups is 1. The van der Waals surface area contributed by atoms with Crippen LogP contribution in [-0.4, -0.2) is 58.7 Å². The summed E-state index contributed by atoms with van der Waals surface area (Å²) in [5.41, 5.74) is -0.0373. The third-order valence-electron chi connectivity index (χ3n) is 7.15. The molecule has 0 aromatic carbocycles. The molecule has 4 fully saturated rings. The quantitative estimate of drug-likeness (QED) is 0.755. The molecule has 0 radical (unpaired) electrons. The maximum absolute atomic E-state index is 13.1. The Labute approximate surface area is 162 Å². The van der Waals surface area contributed by atoms with Gasteiger partial charge in [0.15, 0.2) is 9.84 Å². The van der Waals surface area contributed by atoms with Gasteiger partial charge in [-0.1, -0.05) is 0 Å². The number of hydrogen-bond donors (Lipinski definition) is 0. The van der Waals surface area contributed by atoms with Gasteiger partial charge in [-0.2, -0.15) is 13.2 Å². The Kier molecular flexibility index (Phi) is 3.84. The third-order valence-corrected chi connectivity index (χ3v) is 9.26. The van der Waals surface area contributed by atoms with Crippen molar-refractivity contribution >= 4 is 9.84 Å². The summed E-state index contributed by atoms with van der Waals surface area (Å²) >= 11 is 0. The van der Waals surface area contributed by atoms with E-state index in [1.165, 1.54) is 4.68 Å². The number of likely N-dealkylation sites (tertiary alicyclic amines) is 1. The number of fused-ring (bicyclic) bond motifs is 1. The smallest absolute Gasteiger partial charge is 0.300 e. The zero-order valence-corrected chi connectivity index (χ0v) is 16.8. The Balaban J connectivity index is 1.26. The summed E-state index contributed by atoms with van der Waals surface area (Å²) in [6.07, 6.45) is -1.65. The Morgan fingerprint density at radius 1 is 1.18 bits per heavy atom. The van der Waals surface area contributed by atoms with Gasteiger partial charge in [0.1, 0.15) is 5.82 Å². The van der Waals surface area contributed by atoms with Crippen LogP contribution in [0.25, 0.3) is 0 Å². The lowest BCUT2D eigenvalue weighted by molar-refractivity contribution is -0.145. The lowest BCUT2D eigenvalue weighted by Crippen LogP contribution is -2.50. The molecule has 2 aliphatic heterocycles. The summed E-state index contributed by atoms with van der Waals surface area (Å²) in [7, 11) is -2.83. The van der Waals surface area contributed by atoms with Crippen molar-refractivity contribution < 1.29 is 21.6 Å². The van der Waals surface area contributed by atoms with Crippen molar-refractivity contribution in [3.63, 3.8) is 0 Å². The molecule has 0 bridgehead atoms. The lowest BCUT2D eigenvalue weighted by atomic mass is 9.91. The van der Waals surface area contributed by atoms with Crippen LogP contribution in [0.4, 0.5) is 13.2 Å². The second kappa shape index (κ2) is 5.71. The van der Waals surface area contributed by atoms with Crippen LogP contribution < -0.4 is 0 Å². The fraction of sp³-hybridized carbons (Fsp3) is 0.889. The molecular weight excluding hydrogens is 393 g/mol. The molecule has 28 heavy (non-hydrogen) atoms. The number of alkyl halides is 3. The SMILES string of the molecule is CC(C)n1nc(C(F)(F)F)nc1C1[C@H]2CC(N3CCC4(C3)CS(=O)(=O)C4)C[C@@H]12. The first kappa shape index (κ1) is 18.8. The van der Waals surface area contributed by atoms with Crippen molar-refractivity contribution in [2.24, 2.45) is 17.3 Å². The maximum atomic E-state index is 13.1. The molecule has 1 aromatic heterocycles. The van der Waals surface area contributed by atoms with E-state index in [-0.39, 0.29) is 17.4 Å². The molecule has 1 spiro atoms. The van der Waals surface area contributed by atoms with Crippen LogP contribution in [0.15, 0.2) is 0 Å². The summed E-state index contributed by atoms with van der Waals surface area (Å²) in [4.78, 5) is 6.30. The van der Waals surface area contributed by atoms with Gasteiger partial charge in [-0.15, -0.1) is 5.10 Å². The van der Waals surface area contributed by atoms with E-state index in [1.807, 2.05) is 13.8 Å². The van der Waals surface area contributed by atoms with E-state index in [1.54, 1.807) is 0 Å². The lowest BCUT2D eigenvalue weighted by Gasteiger charge is -2.38. The first-order valence-electron chi connectivity index (χ1n) is 9.96. The number of hydrogen-bond acceptors (Lipinski definition) is 5. The summed E-state index contributed by atoms with van der Waals surface area (Å²) in [6, 6.07) is 0.265. The zero-order chi connectivity index (χ0) is 20.1. The minimum atomic E-state index is -4.52. The summed E-state index contributed by atoms with van der Waals surface area (Å²) < 4.78 is 63.8. The average molecular weight is 418 g/mol. The van der Waals surface area contributed by atoms with E-state index >= 15 is 0 Å². The molecule has 2 aliphatic carbocycles. The van der Waals surface area contributed by atoms with Crippen molar-refractivity contribution in [2.75, 3.05) is 24.6 Å². The first-order chi connectivity index (χ1) is 13.0. The Hall–Kier alpha value is -1.16. The Bertz CT molecular complexity index is 886.